The van der Waals surface area contributed by atoms with Gasteiger partial charge in [0, 0.05) is 18.9 Å². The molecule has 8 heteroatoms. The molecule has 0 spiro atoms. The van der Waals surface area contributed by atoms with E-state index in [2.05, 4.69) is 15.1 Å². The number of hydrogen-bond acceptors (Lipinski definition) is 6. The van der Waals surface area contributed by atoms with E-state index in [9.17, 15) is 4.79 Å². The Morgan fingerprint density at radius 3 is 3.12 bits per heavy atom. The van der Waals surface area contributed by atoms with Gasteiger partial charge in [-0.3, -0.25) is 9.69 Å². The Balaban J connectivity index is 1.54. The number of amides is 1. The highest BCUT2D eigenvalue weighted by molar-refractivity contribution is 5.75. The fourth-order valence-electron chi connectivity index (χ4n) is 3.17. The molecule has 1 aliphatic rings. The van der Waals surface area contributed by atoms with E-state index in [0.29, 0.717) is 24.0 Å². The first-order chi connectivity index (χ1) is 11.7. The number of nitrogens with two attached hydrogens (primary N) is 1. The fourth-order valence-corrected chi connectivity index (χ4v) is 3.17. The highest BCUT2D eigenvalue weighted by atomic mass is 16.5. The smallest absolute Gasteiger partial charge is 0.231 e. The number of rotatable bonds is 4. The third-order valence-corrected chi connectivity index (χ3v) is 4.27. The molecule has 4 rings (SSSR count). The molecule has 0 unspecified atom stereocenters. The molecule has 0 radical (unpaired) electrons. The first-order valence-electron chi connectivity index (χ1n) is 7.97. The van der Waals surface area contributed by atoms with Crippen molar-refractivity contribution in [3.8, 4) is 11.5 Å². The first-order valence-corrected chi connectivity index (χ1v) is 7.97. The maximum absolute atomic E-state index is 11.1. The number of carbonyl (C=O) groups excluding carboxylic acids is 1. The summed E-state index contributed by atoms with van der Waals surface area (Å²) in [5.41, 5.74) is 6.80. The zero-order valence-electron chi connectivity index (χ0n) is 13.1. The standard InChI is InChI=1S/C16H18N6O2/c17-13(23)10-21-6-3-4-11(8-21)16-19-15(20-24-16)12-9-22-7-2-1-5-14(22)18-12/h1-2,5,7,9,11H,3-4,6,8,10H2,(H2,17,23)/t11-/m1/s1. The quantitative estimate of drug-likeness (QED) is 0.769. The van der Waals surface area contributed by atoms with Crippen molar-refractivity contribution in [2.75, 3.05) is 19.6 Å². The van der Waals surface area contributed by atoms with Gasteiger partial charge in [0.25, 0.3) is 0 Å². The minimum absolute atomic E-state index is 0.122. The summed E-state index contributed by atoms with van der Waals surface area (Å²) in [6.07, 6.45) is 5.74. The molecule has 124 valence electrons. The summed E-state index contributed by atoms with van der Waals surface area (Å²) >= 11 is 0. The van der Waals surface area contributed by atoms with Crippen molar-refractivity contribution in [3.05, 3.63) is 36.5 Å². The van der Waals surface area contributed by atoms with Gasteiger partial charge in [-0.2, -0.15) is 4.98 Å². The Labute approximate surface area is 138 Å². The van der Waals surface area contributed by atoms with E-state index in [-0.39, 0.29) is 18.4 Å². The van der Waals surface area contributed by atoms with Gasteiger partial charge < -0.3 is 14.7 Å². The first kappa shape index (κ1) is 14.8. The van der Waals surface area contributed by atoms with Gasteiger partial charge in [-0.25, -0.2) is 4.98 Å². The molecule has 1 saturated heterocycles. The molecular formula is C16H18N6O2. The van der Waals surface area contributed by atoms with Crippen LogP contribution in [0.2, 0.25) is 0 Å². The average Bonchev–Trinajstić information content (AvgIpc) is 3.21. The summed E-state index contributed by atoms with van der Waals surface area (Å²) in [7, 11) is 0. The maximum atomic E-state index is 11.1. The van der Waals surface area contributed by atoms with Gasteiger partial charge in [0.05, 0.1) is 12.5 Å². The van der Waals surface area contributed by atoms with Crippen molar-refractivity contribution in [2.24, 2.45) is 5.73 Å². The Morgan fingerprint density at radius 1 is 1.38 bits per heavy atom. The number of aromatic nitrogens is 4. The Bertz CT molecular complexity index is 837. The molecular weight excluding hydrogens is 308 g/mol. The van der Waals surface area contributed by atoms with E-state index in [4.69, 9.17) is 10.3 Å². The Hall–Kier alpha value is -2.74. The number of nitrogens with zero attached hydrogens (tertiary/aromatic N) is 5. The van der Waals surface area contributed by atoms with Gasteiger partial charge in [-0.15, -0.1) is 0 Å². The molecule has 1 aliphatic heterocycles. The normalized spacial score (nSPS) is 18.9. The fraction of sp³-hybridized carbons (Fsp3) is 0.375. The summed E-state index contributed by atoms with van der Waals surface area (Å²) in [5, 5.41) is 4.07. The summed E-state index contributed by atoms with van der Waals surface area (Å²) in [6, 6.07) is 5.80. The molecule has 1 amide bonds. The number of carbonyl (C=O) groups is 1. The van der Waals surface area contributed by atoms with Gasteiger partial charge >= 0.3 is 0 Å². The van der Waals surface area contributed by atoms with Crippen LogP contribution in [0.1, 0.15) is 24.7 Å². The summed E-state index contributed by atoms with van der Waals surface area (Å²) in [5.74, 6) is 0.889. The van der Waals surface area contributed by atoms with Crippen molar-refractivity contribution in [3.63, 3.8) is 0 Å². The van der Waals surface area contributed by atoms with Gasteiger partial charge in [-0.05, 0) is 31.5 Å². The number of hydrogen-bond donors (Lipinski definition) is 1. The highest BCUT2D eigenvalue weighted by Crippen LogP contribution is 2.27. The molecule has 2 N–H and O–H groups in total. The lowest BCUT2D eigenvalue weighted by atomic mass is 9.98. The molecule has 1 fully saturated rings. The van der Waals surface area contributed by atoms with Gasteiger partial charge in [0.1, 0.15) is 11.3 Å². The van der Waals surface area contributed by atoms with Crippen molar-refractivity contribution in [1.29, 1.82) is 0 Å². The van der Waals surface area contributed by atoms with E-state index in [1.807, 2.05) is 39.9 Å². The molecule has 3 aromatic heterocycles. The van der Waals surface area contributed by atoms with E-state index in [1.54, 1.807) is 0 Å². The lowest BCUT2D eigenvalue weighted by Crippen LogP contribution is -2.40. The molecule has 3 aromatic rings. The molecule has 4 heterocycles. The van der Waals surface area contributed by atoms with Crippen molar-refractivity contribution < 1.29 is 9.32 Å². The van der Waals surface area contributed by atoms with Crippen molar-refractivity contribution >= 4 is 11.6 Å². The van der Waals surface area contributed by atoms with E-state index in [0.717, 1.165) is 25.0 Å². The molecule has 0 saturated carbocycles. The second-order valence-electron chi connectivity index (χ2n) is 6.09. The molecule has 8 nitrogen and oxygen atoms in total. The van der Waals surface area contributed by atoms with Crippen molar-refractivity contribution in [1.82, 2.24) is 24.4 Å². The van der Waals surface area contributed by atoms with Gasteiger partial charge in [0.2, 0.25) is 17.6 Å². The molecule has 0 aliphatic carbocycles. The zero-order valence-corrected chi connectivity index (χ0v) is 13.1. The van der Waals surface area contributed by atoms with Crippen molar-refractivity contribution in [2.45, 2.75) is 18.8 Å². The van der Waals surface area contributed by atoms with Crippen LogP contribution in [0, 0.1) is 0 Å². The van der Waals surface area contributed by atoms with Gasteiger partial charge in [0.15, 0.2) is 0 Å². The third-order valence-electron chi connectivity index (χ3n) is 4.27. The highest BCUT2D eigenvalue weighted by Gasteiger charge is 2.27. The van der Waals surface area contributed by atoms with E-state index >= 15 is 0 Å². The number of piperidine rings is 1. The van der Waals surface area contributed by atoms with Crippen LogP contribution < -0.4 is 5.73 Å². The maximum Gasteiger partial charge on any atom is 0.231 e. The Kier molecular flexibility index (Phi) is 3.73. The van der Waals surface area contributed by atoms with E-state index < -0.39 is 0 Å². The summed E-state index contributed by atoms with van der Waals surface area (Å²) < 4.78 is 7.37. The summed E-state index contributed by atoms with van der Waals surface area (Å²) in [6.45, 7) is 1.84. The monoisotopic (exact) mass is 326 g/mol. The minimum atomic E-state index is -0.313. The predicted octanol–water partition coefficient (Wildman–Crippen LogP) is 1.05. The van der Waals surface area contributed by atoms with Crippen LogP contribution in [0.15, 0.2) is 35.1 Å². The number of primary amides is 1. The zero-order chi connectivity index (χ0) is 16.5. The number of likely N-dealkylation sites (tertiary alicyclic amines) is 1. The van der Waals surface area contributed by atoms with Crippen LogP contribution in [0.4, 0.5) is 0 Å². The Morgan fingerprint density at radius 2 is 2.29 bits per heavy atom. The molecule has 24 heavy (non-hydrogen) atoms. The summed E-state index contributed by atoms with van der Waals surface area (Å²) in [4.78, 5) is 22.2. The van der Waals surface area contributed by atoms with Crippen LogP contribution in [-0.4, -0.2) is 50.0 Å². The lowest BCUT2D eigenvalue weighted by molar-refractivity contribution is -0.119. The molecule has 0 aromatic carbocycles. The number of imidazole rings is 1. The average molecular weight is 326 g/mol. The number of pyridine rings is 1. The molecule has 0 bridgehead atoms. The van der Waals surface area contributed by atoms with Crippen LogP contribution >= 0.6 is 0 Å². The second kappa shape index (κ2) is 6.04. The third kappa shape index (κ3) is 2.88. The SMILES string of the molecule is NC(=O)CN1CCC[C@@H](c2nc(-c3cn4ccccc4n3)no2)C1. The largest absolute Gasteiger partial charge is 0.369 e. The van der Waals surface area contributed by atoms with E-state index in [1.165, 1.54) is 0 Å². The van der Waals surface area contributed by atoms with Crippen LogP contribution in [0.5, 0.6) is 0 Å². The predicted molar refractivity (Wildman–Crippen MR) is 86.1 cm³/mol. The minimum Gasteiger partial charge on any atom is -0.369 e. The topological polar surface area (TPSA) is 103 Å². The van der Waals surface area contributed by atoms with Crippen LogP contribution in [0.3, 0.4) is 0 Å². The second-order valence-corrected chi connectivity index (χ2v) is 6.09. The van der Waals surface area contributed by atoms with Gasteiger partial charge in [-0.1, -0.05) is 11.2 Å². The van der Waals surface area contributed by atoms with Crippen LogP contribution in [-0.2, 0) is 4.79 Å². The molecule has 1 atom stereocenters. The number of fused-ring (bicyclic) bond motifs is 1. The lowest BCUT2D eigenvalue weighted by Gasteiger charge is -2.29. The van der Waals surface area contributed by atoms with Crippen LogP contribution in [0.25, 0.3) is 17.2 Å².